The highest BCUT2D eigenvalue weighted by Gasteiger charge is 2.45. The number of carbonyl (C=O) groups excluding carboxylic acids is 2. The molecule has 8 nitrogen and oxygen atoms in total. The number of hydrogen-bond donors (Lipinski definition) is 1. The first-order valence-electron chi connectivity index (χ1n) is 8.58. The molecule has 8 heteroatoms. The Labute approximate surface area is 151 Å². The van der Waals surface area contributed by atoms with Gasteiger partial charge in [0.25, 0.3) is 0 Å². The van der Waals surface area contributed by atoms with Gasteiger partial charge in [-0.1, -0.05) is 35.5 Å². The van der Waals surface area contributed by atoms with Crippen LogP contribution >= 0.6 is 0 Å². The third-order valence-electron chi connectivity index (χ3n) is 4.73. The van der Waals surface area contributed by atoms with Crippen LogP contribution in [0.3, 0.4) is 0 Å². The first-order valence-corrected chi connectivity index (χ1v) is 8.58. The Bertz CT molecular complexity index is 776. The van der Waals surface area contributed by atoms with Gasteiger partial charge in [-0.15, -0.1) is 5.10 Å². The van der Waals surface area contributed by atoms with E-state index in [9.17, 15) is 9.59 Å². The smallest absolute Gasteiger partial charge is 0.320 e. The van der Waals surface area contributed by atoms with E-state index in [0.717, 1.165) is 12.0 Å². The second kappa shape index (κ2) is 7.65. The molecule has 1 saturated heterocycles. The van der Waals surface area contributed by atoms with Crippen LogP contribution in [0, 0.1) is 0 Å². The van der Waals surface area contributed by atoms with E-state index in [0.29, 0.717) is 25.2 Å². The maximum Gasteiger partial charge on any atom is 0.320 e. The van der Waals surface area contributed by atoms with Gasteiger partial charge in [0.2, 0.25) is 5.91 Å². The second-order valence-corrected chi connectivity index (χ2v) is 6.68. The van der Waals surface area contributed by atoms with Crippen molar-refractivity contribution in [1.29, 1.82) is 0 Å². The van der Waals surface area contributed by atoms with Crippen LogP contribution in [-0.2, 0) is 33.4 Å². The van der Waals surface area contributed by atoms with E-state index >= 15 is 0 Å². The SMILES string of the molecule is Cn1cc(C2(C(N)=O)CCCN(CC(=O)OCc3ccccc3)C2)nn1. The third-order valence-corrected chi connectivity index (χ3v) is 4.73. The molecule has 3 rings (SSSR count). The molecular weight excluding hydrogens is 334 g/mol. The maximum atomic E-state index is 12.2. The van der Waals surface area contributed by atoms with Gasteiger partial charge in [-0.05, 0) is 24.9 Å². The Morgan fingerprint density at radius 2 is 2.08 bits per heavy atom. The normalized spacial score (nSPS) is 20.7. The van der Waals surface area contributed by atoms with Gasteiger partial charge in [-0.3, -0.25) is 19.2 Å². The Morgan fingerprint density at radius 1 is 1.31 bits per heavy atom. The summed E-state index contributed by atoms with van der Waals surface area (Å²) in [5.41, 5.74) is 6.27. The first kappa shape index (κ1) is 18.1. The number of piperidine rings is 1. The molecule has 2 N–H and O–H groups in total. The minimum atomic E-state index is -0.924. The number of esters is 1. The number of hydrogen-bond acceptors (Lipinski definition) is 6. The lowest BCUT2D eigenvalue weighted by Gasteiger charge is -2.38. The molecule has 2 heterocycles. The highest BCUT2D eigenvalue weighted by Crippen LogP contribution is 2.32. The molecule has 26 heavy (non-hydrogen) atoms. The zero-order valence-corrected chi connectivity index (χ0v) is 14.8. The summed E-state index contributed by atoms with van der Waals surface area (Å²) in [4.78, 5) is 26.3. The minimum absolute atomic E-state index is 0.113. The number of nitrogens with two attached hydrogens (primary N) is 1. The lowest BCUT2D eigenvalue weighted by molar-refractivity contribution is -0.147. The van der Waals surface area contributed by atoms with Gasteiger partial charge in [0, 0.05) is 19.8 Å². The van der Waals surface area contributed by atoms with E-state index in [-0.39, 0.29) is 19.1 Å². The lowest BCUT2D eigenvalue weighted by atomic mass is 9.76. The number of amides is 1. The summed E-state index contributed by atoms with van der Waals surface area (Å²) < 4.78 is 6.89. The van der Waals surface area contributed by atoms with Gasteiger partial charge in [0.1, 0.15) is 12.0 Å². The number of primary amides is 1. The van der Waals surface area contributed by atoms with Gasteiger partial charge < -0.3 is 10.5 Å². The molecule has 1 aromatic heterocycles. The van der Waals surface area contributed by atoms with Crippen molar-refractivity contribution in [3.8, 4) is 0 Å². The summed E-state index contributed by atoms with van der Waals surface area (Å²) in [6, 6.07) is 9.52. The Kier molecular flexibility index (Phi) is 5.32. The van der Waals surface area contributed by atoms with E-state index < -0.39 is 11.3 Å². The molecule has 1 fully saturated rings. The van der Waals surface area contributed by atoms with Crippen molar-refractivity contribution in [2.24, 2.45) is 12.8 Å². The van der Waals surface area contributed by atoms with Gasteiger partial charge in [0.15, 0.2) is 0 Å². The highest BCUT2D eigenvalue weighted by molar-refractivity contribution is 5.86. The van der Waals surface area contributed by atoms with Crippen LogP contribution < -0.4 is 5.73 Å². The largest absolute Gasteiger partial charge is 0.460 e. The number of ether oxygens (including phenoxy) is 1. The van der Waals surface area contributed by atoms with Crippen molar-refractivity contribution in [3.05, 3.63) is 47.8 Å². The average molecular weight is 357 g/mol. The second-order valence-electron chi connectivity index (χ2n) is 6.68. The summed E-state index contributed by atoms with van der Waals surface area (Å²) >= 11 is 0. The minimum Gasteiger partial charge on any atom is -0.460 e. The van der Waals surface area contributed by atoms with E-state index in [1.54, 1.807) is 17.9 Å². The van der Waals surface area contributed by atoms with Crippen LogP contribution in [0.25, 0.3) is 0 Å². The van der Waals surface area contributed by atoms with Crippen molar-refractivity contribution in [3.63, 3.8) is 0 Å². The lowest BCUT2D eigenvalue weighted by Crippen LogP contribution is -2.54. The molecule has 0 aliphatic carbocycles. The van der Waals surface area contributed by atoms with E-state index in [4.69, 9.17) is 10.5 Å². The molecule has 0 radical (unpaired) electrons. The summed E-state index contributed by atoms with van der Waals surface area (Å²) in [6.07, 6.45) is 3.05. The predicted molar refractivity (Wildman–Crippen MR) is 93.8 cm³/mol. The standard InChI is InChI=1S/C18H23N5O3/c1-22-10-15(20-21-22)18(17(19)25)8-5-9-23(13-18)11-16(24)26-12-14-6-3-2-4-7-14/h2-4,6-7,10H,5,8-9,11-13H2,1H3,(H2,19,25). The van der Waals surface area contributed by atoms with Crippen molar-refractivity contribution < 1.29 is 14.3 Å². The van der Waals surface area contributed by atoms with E-state index in [2.05, 4.69) is 10.3 Å². The molecule has 1 unspecified atom stereocenters. The number of benzene rings is 1. The number of likely N-dealkylation sites (tertiary alicyclic amines) is 1. The van der Waals surface area contributed by atoms with Crippen molar-refractivity contribution in [1.82, 2.24) is 19.9 Å². The van der Waals surface area contributed by atoms with Gasteiger partial charge in [-0.2, -0.15) is 0 Å². The molecule has 1 aliphatic heterocycles. The van der Waals surface area contributed by atoms with Crippen LogP contribution in [0.5, 0.6) is 0 Å². The topological polar surface area (TPSA) is 103 Å². The molecule has 0 spiro atoms. The van der Waals surface area contributed by atoms with E-state index in [1.807, 2.05) is 35.2 Å². The summed E-state index contributed by atoms with van der Waals surface area (Å²) in [6.45, 7) is 1.39. The first-order chi connectivity index (χ1) is 12.5. The van der Waals surface area contributed by atoms with Crippen LogP contribution in [0.1, 0.15) is 24.1 Å². The average Bonchev–Trinajstić information content (AvgIpc) is 3.08. The molecule has 2 aromatic rings. The zero-order chi connectivity index (χ0) is 18.6. The summed E-state index contributed by atoms with van der Waals surface area (Å²) in [7, 11) is 1.74. The summed E-state index contributed by atoms with van der Waals surface area (Å²) in [5.74, 6) is -0.770. The Morgan fingerprint density at radius 3 is 2.73 bits per heavy atom. The summed E-state index contributed by atoms with van der Waals surface area (Å²) in [5, 5.41) is 8.01. The van der Waals surface area contributed by atoms with Crippen molar-refractivity contribution >= 4 is 11.9 Å². The molecular formula is C18H23N5O3. The fourth-order valence-electron chi connectivity index (χ4n) is 3.35. The molecule has 1 aromatic carbocycles. The van der Waals surface area contributed by atoms with Gasteiger partial charge in [-0.25, -0.2) is 0 Å². The monoisotopic (exact) mass is 357 g/mol. The maximum absolute atomic E-state index is 12.2. The molecule has 0 saturated carbocycles. The van der Waals surface area contributed by atoms with Gasteiger partial charge in [0.05, 0.1) is 12.2 Å². The molecule has 1 aliphatic rings. The van der Waals surface area contributed by atoms with Crippen molar-refractivity contribution in [2.75, 3.05) is 19.6 Å². The molecule has 138 valence electrons. The number of rotatable bonds is 6. The number of nitrogens with zero attached hydrogens (tertiary/aromatic N) is 4. The number of aryl methyl sites for hydroxylation is 1. The van der Waals surface area contributed by atoms with Crippen LogP contribution in [0.2, 0.25) is 0 Å². The fraction of sp³-hybridized carbons (Fsp3) is 0.444. The van der Waals surface area contributed by atoms with E-state index in [1.165, 1.54) is 0 Å². The van der Waals surface area contributed by atoms with Crippen LogP contribution in [0.15, 0.2) is 36.5 Å². The Balaban J connectivity index is 1.63. The molecule has 1 atom stereocenters. The number of aromatic nitrogens is 3. The zero-order valence-electron chi connectivity index (χ0n) is 14.8. The molecule has 1 amide bonds. The highest BCUT2D eigenvalue weighted by atomic mass is 16.5. The van der Waals surface area contributed by atoms with Crippen LogP contribution in [0.4, 0.5) is 0 Å². The van der Waals surface area contributed by atoms with Crippen molar-refractivity contribution in [2.45, 2.75) is 24.9 Å². The third kappa shape index (κ3) is 3.91. The van der Waals surface area contributed by atoms with Gasteiger partial charge >= 0.3 is 5.97 Å². The molecule has 0 bridgehead atoms. The predicted octanol–water partition coefficient (Wildman–Crippen LogP) is 0.377. The quantitative estimate of drug-likeness (QED) is 0.750. The fourth-order valence-corrected chi connectivity index (χ4v) is 3.35. The van der Waals surface area contributed by atoms with Crippen LogP contribution in [-0.4, -0.2) is 51.4 Å². The Hall–Kier alpha value is -2.74. The number of carbonyl (C=O) groups is 2.